The maximum Gasteiger partial charge on any atom is 0.268 e. The van der Waals surface area contributed by atoms with Crippen molar-refractivity contribution in [2.45, 2.75) is 25.9 Å². The fourth-order valence-electron chi connectivity index (χ4n) is 3.05. The number of anilines is 1. The number of carbonyl (C=O) groups excluding carboxylic acids is 1. The van der Waals surface area contributed by atoms with Gasteiger partial charge in [0.1, 0.15) is 36.4 Å². The number of aromatic nitrogens is 2. The van der Waals surface area contributed by atoms with Crippen LogP contribution >= 0.6 is 23.1 Å². The van der Waals surface area contributed by atoms with Crippen LogP contribution in [0.25, 0.3) is 6.08 Å². The topological polar surface area (TPSA) is 131 Å². The molecule has 0 bridgehead atoms. The summed E-state index contributed by atoms with van der Waals surface area (Å²) >= 11 is 7.02. The van der Waals surface area contributed by atoms with Crippen molar-refractivity contribution in [3.63, 3.8) is 0 Å². The normalized spacial score (nSPS) is 11.6. The van der Waals surface area contributed by atoms with Crippen LogP contribution in [0.3, 0.4) is 0 Å². The summed E-state index contributed by atoms with van der Waals surface area (Å²) in [5, 5.41) is 11.7. The quantitative estimate of drug-likeness (QED) is 0.221. The summed E-state index contributed by atoms with van der Waals surface area (Å²) in [6.07, 6.45) is 1.35. The predicted molar refractivity (Wildman–Crippen MR) is 138 cm³/mol. The number of ether oxygens (including phenoxy) is 2. The molecule has 0 saturated heterocycles. The van der Waals surface area contributed by atoms with Crippen LogP contribution in [0.15, 0.2) is 47.1 Å². The second-order valence-corrected chi connectivity index (χ2v) is 11.0. The molecule has 2 aromatic carbocycles. The van der Waals surface area contributed by atoms with Gasteiger partial charge in [-0.3, -0.25) is 10.1 Å². The minimum Gasteiger partial charge on any atom is -0.490 e. The number of hydrogen-bond acceptors (Lipinski definition) is 9. The van der Waals surface area contributed by atoms with Crippen molar-refractivity contribution in [1.82, 2.24) is 9.36 Å². The zero-order valence-electron chi connectivity index (χ0n) is 19.7. The second-order valence-electron chi connectivity index (χ2n) is 7.62. The van der Waals surface area contributed by atoms with E-state index < -0.39 is 15.7 Å². The highest BCUT2D eigenvalue weighted by atomic mass is 35.5. The van der Waals surface area contributed by atoms with Crippen LogP contribution in [-0.2, 0) is 14.6 Å². The van der Waals surface area contributed by atoms with E-state index in [4.69, 9.17) is 21.1 Å². The maximum atomic E-state index is 12.5. The van der Waals surface area contributed by atoms with Gasteiger partial charge < -0.3 is 9.47 Å². The summed E-state index contributed by atoms with van der Waals surface area (Å²) in [6.45, 7) is 6.06. The predicted octanol–water partition coefficient (Wildman–Crippen LogP) is 4.61. The van der Waals surface area contributed by atoms with E-state index in [0.29, 0.717) is 34.5 Å². The van der Waals surface area contributed by atoms with Gasteiger partial charge in [-0.1, -0.05) is 30.7 Å². The number of benzene rings is 2. The molecule has 0 aliphatic heterocycles. The van der Waals surface area contributed by atoms with E-state index in [-0.39, 0.29) is 28.2 Å². The summed E-state index contributed by atoms with van der Waals surface area (Å²) < 4.78 is 38.8. The summed E-state index contributed by atoms with van der Waals surface area (Å²) in [5.74, 6) is 0.274. The third-order valence-electron chi connectivity index (χ3n) is 4.72. The van der Waals surface area contributed by atoms with Crippen LogP contribution in [0.5, 0.6) is 11.5 Å². The van der Waals surface area contributed by atoms with E-state index in [1.807, 2.05) is 32.0 Å². The summed E-state index contributed by atoms with van der Waals surface area (Å²) in [7, 11) is -3.60. The highest BCUT2D eigenvalue weighted by Crippen LogP contribution is 2.27. The van der Waals surface area contributed by atoms with E-state index in [1.54, 1.807) is 18.2 Å². The highest BCUT2D eigenvalue weighted by Gasteiger charge is 2.20. The third kappa shape index (κ3) is 7.27. The molecule has 3 aromatic rings. The molecule has 0 fully saturated rings. The van der Waals surface area contributed by atoms with Crippen molar-refractivity contribution in [3.05, 3.63) is 63.7 Å². The smallest absolute Gasteiger partial charge is 0.268 e. The molecule has 0 spiro atoms. The van der Waals surface area contributed by atoms with Gasteiger partial charge in [0, 0.05) is 11.5 Å². The van der Waals surface area contributed by atoms with E-state index in [1.165, 1.54) is 13.0 Å². The first kappa shape index (κ1) is 27.1. The lowest BCUT2D eigenvalue weighted by atomic mass is 10.1. The van der Waals surface area contributed by atoms with Crippen LogP contribution in [0, 0.1) is 25.2 Å². The van der Waals surface area contributed by atoms with Crippen LogP contribution in [0.4, 0.5) is 5.13 Å². The number of halogens is 1. The number of carbonyl (C=O) groups is 1. The highest BCUT2D eigenvalue weighted by molar-refractivity contribution is 7.91. The maximum absolute atomic E-state index is 12.5. The van der Waals surface area contributed by atoms with Crippen molar-refractivity contribution < 1.29 is 22.7 Å². The number of amides is 1. The van der Waals surface area contributed by atoms with Crippen molar-refractivity contribution in [2.75, 3.05) is 24.3 Å². The molecule has 0 atom stereocenters. The number of rotatable bonds is 10. The molecular formula is C24H23ClN4O5S2. The average Bonchev–Trinajstić information content (AvgIpc) is 3.30. The van der Waals surface area contributed by atoms with Gasteiger partial charge in [-0.05, 0) is 60.9 Å². The molecule has 3 rings (SSSR count). The molecule has 36 heavy (non-hydrogen) atoms. The molecule has 1 heterocycles. The van der Waals surface area contributed by atoms with E-state index in [2.05, 4.69) is 20.7 Å². The lowest BCUT2D eigenvalue weighted by molar-refractivity contribution is -0.112. The Morgan fingerprint density at radius 3 is 2.50 bits per heavy atom. The number of nitriles is 1. The zero-order valence-corrected chi connectivity index (χ0v) is 22.1. The number of aryl methyl sites for hydroxylation is 2. The van der Waals surface area contributed by atoms with Crippen LogP contribution in [0.1, 0.15) is 23.6 Å². The Bertz CT molecular complexity index is 1420. The number of hydrogen-bond donors (Lipinski definition) is 1. The minimum absolute atomic E-state index is 0.0296. The van der Waals surface area contributed by atoms with Crippen LogP contribution in [-0.4, -0.2) is 42.6 Å². The van der Waals surface area contributed by atoms with Gasteiger partial charge in [0.05, 0.1) is 10.8 Å². The SMILES string of the molecule is CCS(=O)(=O)c1nsc(NC(=O)/C(C#N)=C\c2ccc(OCCOc3cc(C)cc(C)c3)c(Cl)c2)n1. The fourth-order valence-corrected chi connectivity index (χ4v) is 4.87. The molecule has 1 amide bonds. The van der Waals surface area contributed by atoms with Gasteiger partial charge in [0.25, 0.3) is 11.1 Å². The summed E-state index contributed by atoms with van der Waals surface area (Å²) in [4.78, 5) is 16.3. The van der Waals surface area contributed by atoms with Gasteiger partial charge in [-0.15, -0.1) is 0 Å². The Morgan fingerprint density at radius 2 is 1.86 bits per heavy atom. The first-order chi connectivity index (χ1) is 17.1. The number of sulfone groups is 1. The molecule has 0 saturated carbocycles. The average molecular weight is 547 g/mol. The molecule has 0 aliphatic carbocycles. The molecule has 12 heteroatoms. The standard InChI is InChI=1S/C24H23ClN4O5S2/c1-4-36(31,32)24-28-23(35-29-24)27-22(30)18(14-26)12-17-5-6-21(20(25)13-17)34-8-7-33-19-10-15(2)9-16(3)11-19/h5-6,9-13H,4,7-8H2,1-3H3,(H,27,28,29,30)/b18-12-. The Kier molecular flexibility index (Phi) is 9.03. The lowest BCUT2D eigenvalue weighted by Crippen LogP contribution is -2.13. The van der Waals surface area contributed by atoms with Gasteiger partial charge in [-0.2, -0.15) is 14.6 Å². The molecule has 0 unspecified atom stereocenters. The van der Waals surface area contributed by atoms with Gasteiger partial charge in [0.2, 0.25) is 15.0 Å². The molecule has 1 aromatic heterocycles. The Hall–Kier alpha value is -3.46. The van der Waals surface area contributed by atoms with E-state index in [0.717, 1.165) is 16.9 Å². The molecule has 9 nitrogen and oxygen atoms in total. The fraction of sp³-hybridized carbons (Fsp3) is 0.250. The van der Waals surface area contributed by atoms with Gasteiger partial charge in [-0.25, -0.2) is 8.42 Å². The van der Waals surface area contributed by atoms with Crippen molar-refractivity contribution >= 4 is 50.1 Å². The van der Waals surface area contributed by atoms with Crippen molar-refractivity contribution in [2.24, 2.45) is 0 Å². The second kappa shape index (κ2) is 12.0. The van der Waals surface area contributed by atoms with Gasteiger partial charge in [0.15, 0.2) is 0 Å². The number of nitrogens with zero attached hydrogens (tertiary/aromatic N) is 3. The molecule has 0 aliphatic rings. The monoisotopic (exact) mass is 546 g/mol. The minimum atomic E-state index is -3.60. The number of nitrogens with one attached hydrogen (secondary N) is 1. The molecular weight excluding hydrogens is 524 g/mol. The Morgan fingerprint density at radius 1 is 1.17 bits per heavy atom. The first-order valence-electron chi connectivity index (χ1n) is 10.7. The first-order valence-corrected chi connectivity index (χ1v) is 13.5. The van der Waals surface area contributed by atoms with E-state index >= 15 is 0 Å². The largest absolute Gasteiger partial charge is 0.490 e. The van der Waals surface area contributed by atoms with E-state index in [9.17, 15) is 18.5 Å². The third-order valence-corrected chi connectivity index (χ3v) is 7.26. The zero-order chi connectivity index (χ0) is 26.3. The van der Waals surface area contributed by atoms with Gasteiger partial charge >= 0.3 is 0 Å². The molecule has 1 N–H and O–H groups in total. The summed E-state index contributed by atoms with van der Waals surface area (Å²) in [6, 6.07) is 12.6. The summed E-state index contributed by atoms with van der Waals surface area (Å²) in [5.41, 5.74) is 2.50. The van der Waals surface area contributed by atoms with Crippen molar-refractivity contribution in [1.29, 1.82) is 5.26 Å². The Labute approximate surface area is 218 Å². The molecule has 0 radical (unpaired) electrons. The molecule has 188 valence electrons. The Balaban J connectivity index is 1.60. The van der Waals surface area contributed by atoms with Crippen LogP contribution in [0.2, 0.25) is 5.02 Å². The van der Waals surface area contributed by atoms with Crippen molar-refractivity contribution in [3.8, 4) is 17.6 Å². The lowest BCUT2D eigenvalue weighted by Gasteiger charge is -2.11. The van der Waals surface area contributed by atoms with Crippen LogP contribution < -0.4 is 14.8 Å².